The molecule has 1 aliphatic heterocycles. The number of nitrogens with zero attached hydrogens (tertiary/aromatic N) is 5. The predicted octanol–water partition coefficient (Wildman–Crippen LogP) is 4.03. The summed E-state index contributed by atoms with van der Waals surface area (Å²) in [4.78, 5) is 11.8. The highest BCUT2D eigenvalue weighted by molar-refractivity contribution is 5.92. The molecule has 1 saturated heterocycles. The van der Waals surface area contributed by atoms with Crippen molar-refractivity contribution in [1.29, 1.82) is 0 Å². The molecule has 0 radical (unpaired) electrons. The van der Waals surface area contributed by atoms with E-state index >= 15 is 0 Å². The maximum absolute atomic E-state index is 6.28. The SMILES string of the molecule is CCOc1ccccc1OC1CCN(c2nc3ccccc3c3nc(C)nn23)CC1. The molecule has 0 atom stereocenters. The number of para-hydroxylation sites is 3. The standard InChI is InChI=1S/C23H25N5O2/c1-3-29-20-10-6-7-11-21(20)30-17-12-14-27(15-13-17)23-25-19-9-5-4-8-18(19)22-24-16(2)26-28(22)23/h4-11,17H,3,12-15H2,1-2H3. The molecule has 154 valence electrons. The van der Waals surface area contributed by atoms with Crippen LogP contribution in [0.3, 0.4) is 0 Å². The average Bonchev–Trinajstić information content (AvgIpc) is 3.17. The van der Waals surface area contributed by atoms with Crippen LogP contribution in [0.15, 0.2) is 48.5 Å². The third kappa shape index (κ3) is 3.40. The Labute approximate surface area is 175 Å². The Morgan fingerprint density at radius 2 is 1.70 bits per heavy atom. The van der Waals surface area contributed by atoms with Crippen LogP contribution in [0.4, 0.5) is 5.95 Å². The van der Waals surface area contributed by atoms with Gasteiger partial charge in [-0.1, -0.05) is 24.3 Å². The first kappa shape index (κ1) is 18.7. The molecule has 1 aliphatic rings. The summed E-state index contributed by atoms with van der Waals surface area (Å²) in [6.07, 6.45) is 1.96. The van der Waals surface area contributed by atoms with E-state index in [0.717, 1.165) is 65.8 Å². The lowest BCUT2D eigenvalue weighted by atomic mass is 10.1. The quantitative estimate of drug-likeness (QED) is 0.501. The van der Waals surface area contributed by atoms with Gasteiger partial charge >= 0.3 is 0 Å². The lowest BCUT2D eigenvalue weighted by Gasteiger charge is -2.33. The summed E-state index contributed by atoms with van der Waals surface area (Å²) in [5.74, 6) is 3.21. The number of ether oxygens (including phenoxy) is 2. The van der Waals surface area contributed by atoms with Crippen molar-refractivity contribution < 1.29 is 9.47 Å². The van der Waals surface area contributed by atoms with Gasteiger partial charge in [-0.05, 0) is 38.1 Å². The van der Waals surface area contributed by atoms with Crippen LogP contribution in [0.5, 0.6) is 11.5 Å². The van der Waals surface area contributed by atoms with E-state index in [2.05, 4.69) is 15.0 Å². The van der Waals surface area contributed by atoms with Crippen molar-refractivity contribution in [3.63, 3.8) is 0 Å². The second-order valence-corrected chi connectivity index (χ2v) is 7.51. The highest BCUT2D eigenvalue weighted by atomic mass is 16.5. The number of fused-ring (bicyclic) bond motifs is 3. The molecular formula is C23H25N5O2. The lowest BCUT2D eigenvalue weighted by Crippen LogP contribution is -2.39. The number of benzene rings is 2. The van der Waals surface area contributed by atoms with Gasteiger partial charge in [0.2, 0.25) is 5.95 Å². The molecular weight excluding hydrogens is 378 g/mol. The molecule has 0 N–H and O–H groups in total. The number of hydrogen-bond donors (Lipinski definition) is 0. The van der Waals surface area contributed by atoms with Gasteiger partial charge in [-0.3, -0.25) is 0 Å². The molecule has 0 spiro atoms. The lowest BCUT2D eigenvalue weighted by molar-refractivity contribution is 0.162. The Kier molecular flexibility index (Phi) is 4.86. The van der Waals surface area contributed by atoms with Crippen LogP contribution in [0.1, 0.15) is 25.6 Å². The molecule has 0 unspecified atom stereocenters. The minimum atomic E-state index is 0.149. The van der Waals surface area contributed by atoms with Crippen molar-refractivity contribution in [3.05, 3.63) is 54.4 Å². The summed E-state index contributed by atoms with van der Waals surface area (Å²) in [5, 5.41) is 5.63. The molecule has 0 aliphatic carbocycles. The number of hydrogen-bond acceptors (Lipinski definition) is 6. The Hall–Kier alpha value is -3.35. The smallest absolute Gasteiger partial charge is 0.229 e. The Bertz CT molecular complexity index is 1180. The first-order valence-electron chi connectivity index (χ1n) is 10.5. The summed E-state index contributed by atoms with van der Waals surface area (Å²) in [5.41, 5.74) is 1.80. The van der Waals surface area contributed by atoms with Crippen LogP contribution in [0.25, 0.3) is 16.6 Å². The maximum Gasteiger partial charge on any atom is 0.229 e. The fourth-order valence-corrected chi connectivity index (χ4v) is 4.02. The summed E-state index contributed by atoms with van der Waals surface area (Å²) >= 11 is 0. The van der Waals surface area contributed by atoms with Crippen molar-refractivity contribution in [3.8, 4) is 11.5 Å². The Balaban J connectivity index is 1.37. The first-order valence-corrected chi connectivity index (χ1v) is 10.5. The van der Waals surface area contributed by atoms with Crippen molar-refractivity contribution in [2.45, 2.75) is 32.8 Å². The molecule has 4 aromatic rings. The van der Waals surface area contributed by atoms with E-state index in [1.807, 2.05) is 66.9 Å². The number of piperidine rings is 1. The first-order chi connectivity index (χ1) is 14.7. The summed E-state index contributed by atoms with van der Waals surface area (Å²) in [6.45, 7) is 6.22. The van der Waals surface area contributed by atoms with E-state index in [1.165, 1.54) is 0 Å². The molecule has 2 aromatic heterocycles. The van der Waals surface area contributed by atoms with Crippen molar-refractivity contribution in [1.82, 2.24) is 19.6 Å². The van der Waals surface area contributed by atoms with Crippen molar-refractivity contribution in [2.24, 2.45) is 0 Å². The van der Waals surface area contributed by atoms with Gasteiger partial charge < -0.3 is 14.4 Å². The zero-order chi connectivity index (χ0) is 20.5. The van der Waals surface area contributed by atoms with Crippen LogP contribution >= 0.6 is 0 Å². The number of anilines is 1. The van der Waals surface area contributed by atoms with Crippen LogP contribution in [0, 0.1) is 6.92 Å². The van der Waals surface area contributed by atoms with Crippen LogP contribution < -0.4 is 14.4 Å². The van der Waals surface area contributed by atoms with Gasteiger partial charge in [0.25, 0.3) is 0 Å². The molecule has 7 nitrogen and oxygen atoms in total. The van der Waals surface area contributed by atoms with Crippen LogP contribution in [0.2, 0.25) is 0 Å². The number of rotatable bonds is 5. The minimum Gasteiger partial charge on any atom is -0.490 e. The van der Waals surface area contributed by atoms with Gasteiger partial charge in [0, 0.05) is 31.3 Å². The Morgan fingerprint density at radius 1 is 0.967 bits per heavy atom. The van der Waals surface area contributed by atoms with E-state index in [9.17, 15) is 0 Å². The molecule has 1 fully saturated rings. The fourth-order valence-electron chi connectivity index (χ4n) is 4.02. The predicted molar refractivity (Wildman–Crippen MR) is 116 cm³/mol. The van der Waals surface area contributed by atoms with Gasteiger partial charge in [0.15, 0.2) is 17.1 Å². The summed E-state index contributed by atoms with van der Waals surface area (Å²) in [6, 6.07) is 16.0. The topological polar surface area (TPSA) is 64.8 Å². The molecule has 0 amide bonds. The molecule has 2 aromatic carbocycles. The molecule has 0 saturated carbocycles. The van der Waals surface area contributed by atoms with Gasteiger partial charge in [0.05, 0.1) is 12.1 Å². The van der Waals surface area contributed by atoms with E-state index in [-0.39, 0.29) is 6.10 Å². The number of aromatic nitrogens is 4. The maximum atomic E-state index is 6.28. The van der Waals surface area contributed by atoms with Gasteiger partial charge in [0.1, 0.15) is 11.9 Å². The summed E-state index contributed by atoms with van der Waals surface area (Å²) in [7, 11) is 0. The normalized spacial score (nSPS) is 15.1. The molecule has 0 bridgehead atoms. The van der Waals surface area contributed by atoms with Crippen molar-refractivity contribution in [2.75, 3.05) is 24.6 Å². The second kappa shape index (κ2) is 7.82. The zero-order valence-electron chi connectivity index (χ0n) is 17.3. The molecule has 3 heterocycles. The van der Waals surface area contributed by atoms with E-state index < -0.39 is 0 Å². The molecule has 7 heteroatoms. The van der Waals surface area contributed by atoms with E-state index in [1.54, 1.807) is 0 Å². The Morgan fingerprint density at radius 3 is 2.50 bits per heavy atom. The van der Waals surface area contributed by atoms with E-state index in [4.69, 9.17) is 14.5 Å². The van der Waals surface area contributed by atoms with Gasteiger partial charge in [-0.15, -0.1) is 5.10 Å². The largest absolute Gasteiger partial charge is 0.490 e. The number of aryl methyl sites for hydroxylation is 1. The monoisotopic (exact) mass is 403 g/mol. The average molecular weight is 403 g/mol. The highest BCUT2D eigenvalue weighted by Crippen LogP contribution is 2.30. The van der Waals surface area contributed by atoms with E-state index in [0.29, 0.717) is 6.61 Å². The minimum absolute atomic E-state index is 0.149. The van der Waals surface area contributed by atoms with Gasteiger partial charge in [-0.25, -0.2) is 9.97 Å². The third-order valence-corrected chi connectivity index (χ3v) is 5.44. The molecule has 5 rings (SSSR count). The highest BCUT2D eigenvalue weighted by Gasteiger charge is 2.25. The van der Waals surface area contributed by atoms with Crippen LogP contribution in [-0.2, 0) is 0 Å². The van der Waals surface area contributed by atoms with Crippen molar-refractivity contribution >= 4 is 22.5 Å². The zero-order valence-corrected chi connectivity index (χ0v) is 17.3. The fraction of sp³-hybridized carbons (Fsp3) is 0.348. The second-order valence-electron chi connectivity index (χ2n) is 7.51. The summed E-state index contributed by atoms with van der Waals surface area (Å²) < 4.78 is 13.9. The van der Waals surface area contributed by atoms with Crippen LogP contribution in [-0.4, -0.2) is 45.4 Å². The molecule has 30 heavy (non-hydrogen) atoms. The third-order valence-electron chi connectivity index (χ3n) is 5.44. The van der Waals surface area contributed by atoms with Gasteiger partial charge in [-0.2, -0.15) is 4.52 Å².